The van der Waals surface area contributed by atoms with Crippen molar-refractivity contribution in [1.29, 1.82) is 0 Å². The van der Waals surface area contributed by atoms with Gasteiger partial charge in [-0.05, 0) is 49.8 Å². The predicted octanol–water partition coefficient (Wildman–Crippen LogP) is 3.37. The summed E-state index contributed by atoms with van der Waals surface area (Å²) in [5.41, 5.74) is 8.09. The lowest BCUT2D eigenvalue weighted by atomic mass is 9.88. The van der Waals surface area contributed by atoms with Crippen molar-refractivity contribution in [2.24, 2.45) is 0 Å². The summed E-state index contributed by atoms with van der Waals surface area (Å²) in [7, 11) is 0. The molecule has 0 heterocycles. The van der Waals surface area contributed by atoms with Crippen LogP contribution in [0.5, 0.6) is 0 Å². The maximum atomic E-state index is 12.3. The first-order valence-electron chi connectivity index (χ1n) is 7.26. The zero-order chi connectivity index (χ0) is 14.6. The Morgan fingerprint density at radius 3 is 2.65 bits per heavy atom. The topological polar surface area (TPSA) is 55.1 Å². The van der Waals surface area contributed by atoms with Gasteiger partial charge >= 0.3 is 0 Å². The molecule has 1 aliphatic carbocycles. The summed E-state index contributed by atoms with van der Waals surface area (Å²) in [6.07, 6.45) is 8.44. The van der Waals surface area contributed by atoms with E-state index in [1.807, 2.05) is 30.8 Å². The molecule has 1 fully saturated rings. The molecule has 0 saturated heterocycles. The van der Waals surface area contributed by atoms with Crippen LogP contribution in [0.2, 0.25) is 0 Å². The van der Waals surface area contributed by atoms with Gasteiger partial charge in [0.25, 0.3) is 5.91 Å². The van der Waals surface area contributed by atoms with Gasteiger partial charge in [-0.3, -0.25) is 4.79 Å². The molecule has 0 unspecified atom stereocenters. The van der Waals surface area contributed by atoms with E-state index >= 15 is 0 Å². The summed E-state index contributed by atoms with van der Waals surface area (Å²) in [6.45, 7) is 2.69. The summed E-state index contributed by atoms with van der Waals surface area (Å²) >= 11 is 1.90. The van der Waals surface area contributed by atoms with E-state index in [4.69, 9.17) is 5.73 Å². The van der Waals surface area contributed by atoms with E-state index in [0.717, 1.165) is 17.7 Å². The van der Waals surface area contributed by atoms with Crippen molar-refractivity contribution < 1.29 is 4.79 Å². The Balaban J connectivity index is 2.00. The second kappa shape index (κ2) is 6.53. The molecule has 2 rings (SSSR count). The Labute approximate surface area is 125 Å². The summed E-state index contributed by atoms with van der Waals surface area (Å²) in [5.74, 6) is 0.0153. The van der Waals surface area contributed by atoms with Crippen LogP contribution in [0, 0.1) is 6.92 Å². The lowest BCUT2D eigenvalue weighted by Crippen LogP contribution is -2.41. The van der Waals surface area contributed by atoms with Crippen LogP contribution >= 0.6 is 11.8 Å². The van der Waals surface area contributed by atoms with Crippen LogP contribution in [0.25, 0.3) is 0 Å². The fraction of sp³-hybridized carbons (Fsp3) is 0.562. The molecule has 1 aromatic rings. The van der Waals surface area contributed by atoms with Gasteiger partial charge in [0.2, 0.25) is 0 Å². The maximum Gasteiger partial charge on any atom is 0.251 e. The van der Waals surface area contributed by atoms with Crippen LogP contribution < -0.4 is 11.1 Å². The highest BCUT2D eigenvalue weighted by Crippen LogP contribution is 2.38. The van der Waals surface area contributed by atoms with Crippen LogP contribution in [0.3, 0.4) is 0 Å². The number of nitrogens with one attached hydrogen (secondary N) is 1. The number of nitrogens with two attached hydrogens (primary N) is 1. The van der Waals surface area contributed by atoms with Gasteiger partial charge in [0.1, 0.15) is 0 Å². The molecular weight excluding hydrogens is 268 g/mol. The number of rotatable bonds is 4. The highest BCUT2D eigenvalue weighted by Gasteiger charge is 2.31. The van der Waals surface area contributed by atoms with Gasteiger partial charge in [-0.2, -0.15) is 11.8 Å². The molecule has 1 saturated carbocycles. The van der Waals surface area contributed by atoms with Crippen molar-refractivity contribution in [3.05, 3.63) is 29.3 Å². The number of benzene rings is 1. The van der Waals surface area contributed by atoms with E-state index in [-0.39, 0.29) is 10.7 Å². The number of nitrogen functional groups attached to an aromatic ring is 1. The van der Waals surface area contributed by atoms with Crippen molar-refractivity contribution in [2.45, 2.75) is 43.8 Å². The Morgan fingerprint density at radius 2 is 2.05 bits per heavy atom. The highest BCUT2D eigenvalue weighted by molar-refractivity contribution is 8.00. The lowest BCUT2D eigenvalue weighted by molar-refractivity contribution is 0.0946. The van der Waals surface area contributed by atoms with Gasteiger partial charge in [0, 0.05) is 22.5 Å². The van der Waals surface area contributed by atoms with Crippen LogP contribution in [-0.4, -0.2) is 23.5 Å². The van der Waals surface area contributed by atoms with Gasteiger partial charge in [-0.25, -0.2) is 0 Å². The molecule has 0 atom stereocenters. The van der Waals surface area contributed by atoms with Gasteiger partial charge in [0.05, 0.1) is 0 Å². The molecule has 0 spiro atoms. The van der Waals surface area contributed by atoms with Crippen LogP contribution in [0.1, 0.15) is 48.0 Å². The second-order valence-electron chi connectivity index (χ2n) is 5.70. The molecule has 0 bridgehead atoms. The van der Waals surface area contributed by atoms with E-state index in [2.05, 4.69) is 11.6 Å². The van der Waals surface area contributed by atoms with Crippen LogP contribution in [0.15, 0.2) is 18.2 Å². The third-order valence-corrected chi connectivity index (χ3v) is 5.68. The van der Waals surface area contributed by atoms with Gasteiger partial charge in [0.15, 0.2) is 0 Å². The van der Waals surface area contributed by atoms with Crippen molar-refractivity contribution in [1.82, 2.24) is 5.32 Å². The molecule has 110 valence electrons. The van der Waals surface area contributed by atoms with Crippen molar-refractivity contribution in [3.8, 4) is 0 Å². The molecule has 0 radical (unpaired) electrons. The molecule has 1 aliphatic rings. The predicted molar refractivity (Wildman–Crippen MR) is 87.3 cm³/mol. The zero-order valence-corrected chi connectivity index (χ0v) is 13.2. The molecule has 0 aromatic heterocycles. The largest absolute Gasteiger partial charge is 0.399 e. The lowest BCUT2D eigenvalue weighted by Gasteiger charge is -2.35. The molecule has 20 heavy (non-hydrogen) atoms. The smallest absolute Gasteiger partial charge is 0.251 e. The van der Waals surface area contributed by atoms with E-state index in [1.54, 1.807) is 6.07 Å². The first kappa shape index (κ1) is 15.2. The Kier molecular flexibility index (Phi) is 4.97. The minimum atomic E-state index is 0.0153. The monoisotopic (exact) mass is 292 g/mol. The second-order valence-corrected chi connectivity index (χ2v) is 6.98. The maximum absolute atomic E-state index is 12.3. The van der Waals surface area contributed by atoms with E-state index < -0.39 is 0 Å². The fourth-order valence-corrected chi connectivity index (χ4v) is 3.84. The molecule has 1 aromatic carbocycles. The normalized spacial score (nSPS) is 17.7. The average Bonchev–Trinajstić information content (AvgIpc) is 2.46. The van der Waals surface area contributed by atoms with E-state index in [9.17, 15) is 4.79 Å². The molecule has 1 amide bonds. The third kappa shape index (κ3) is 3.48. The van der Waals surface area contributed by atoms with Gasteiger partial charge in [-0.15, -0.1) is 0 Å². The highest BCUT2D eigenvalue weighted by atomic mass is 32.2. The minimum absolute atomic E-state index is 0.0153. The first-order chi connectivity index (χ1) is 9.56. The Morgan fingerprint density at radius 1 is 1.35 bits per heavy atom. The number of anilines is 1. The number of hydrogen-bond acceptors (Lipinski definition) is 3. The molecule has 3 nitrogen and oxygen atoms in total. The number of hydrogen-bond donors (Lipinski definition) is 2. The summed E-state index contributed by atoms with van der Waals surface area (Å²) in [4.78, 5) is 12.3. The van der Waals surface area contributed by atoms with Crippen molar-refractivity contribution >= 4 is 23.4 Å². The van der Waals surface area contributed by atoms with E-state index in [0.29, 0.717) is 5.69 Å². The number of aryl methyl sites for hydroxylation is 1. The van der Waals surface area contributed by atoms with Crippen molar-refractivity contribution in [3.63, 3.8) is 0 Å². The average molecular weight is 292 g/mol. The number of carbonyl (C=O) groups is 1. The number of carbonyl (C=O) groups excluding carboxylic acids is 1. The first-order valence-corrected chi connectivity index (χ1v) is 8.48. The molecular formula is C16H24N2OS. The van der Waals surface area contributed by atoms with Crippen LogP contribution in [0.4, 0.5) is 5.69 Å². The number of amides is 1. The van der Waals surface area contributed by atoms with Gasteiger partial charge < -0.3 is 11.1 Å². The molecule has 3 N–H and O–H groups in total. The Bertz CT molecular complexity index is 481. The minimum Gasteiger partial charge on any atom is -0.399 e. The molecule has 0 aliphatic heterocycles. The fourth-order valence-electron chi connectivity index (χ4n) is 2.93. The van der Waals surface area contributed by atoms with Crippen molar-refractivity contribution in [2.75, 3.05) is 18.5 Å². The Hall–Kier alpha value is -1.16. The molecule has 4 heteroatoms. The quantitative estimate of drug-likeness (QED) is 0.837. The standard InChI is InChI=1S/C16H24N2OS/c1-12-10-13(17)6-7-14(12)15(19)18-11-16(20-2)8-4-3-5-9-16/h6-7,10H,3-5,8-9,11,17H2,1-2H3,(H,18,19). The van der Waals surface area contributed by atoms with E-state index in [1.165, 1.54) is 32.1 Å². The summed E-state index contributed by atoms with van der Waals surface area (Å²) in [5, 5.41) is 3.12. The summed E-state index contributed by atoms with van der Waals surface area (Å²) in [6, 6.07) is 5.44. The SMILES string of the molecule is CSC1(CNC(=O)c2ccc(N)cc2C)CCCCC1. The summed E-state index contributed by atoms with van der Waals surface area (Å²) < 4.78 is 0.232. The zero-order valence-electron chi connectivity index (χ0n) is 12.4. The number of thioether (sulfide) groups is 1. The van der Waals surface area contributed by atoms with Crippen LogP contribution in [-0.2, 0) is 0 Å². The van der Waals surface area contributed by atoms with Gasteiger partial charge in [-0.1, -0.05) is 19.3 Å². The third-order valence-electron chi connectivity index (χ3n) is 4.26.